The zero-order valence-electron chi connectivity index (χ0n) is 14.8. The highest BCUT2D eigenvalue weighted by Gasteiger charge is 2.24. The second-order valence-electron chi connectivity index (χ2n) is 5.86. The summed E-state index contributed by atoms with van der Waals surface area (Å²) in [5.41, 5.74) is 1.22. The van der Waals surface area contributed by atoms with Crippen molar-refractivity contribution >= 4 is 51.7 Å². The highest BCUT2D eigenvalue weighted by atomic mass is 32.2. The Balaban J connectivity index is 1.47. The van der Waals surface area contributed by atoms with Crippen LogP contribution in [0.15, 0.2) is 34.5 Å². The van der Waals surface area contributed by atoms with Crippen LogP contribution in [0.25, 0.3) is 0 Å². The second kappa shape index (κ2) is 9.01. The number of carbonyl (C=O) groups is 3. The van der Waals surface area contributed by atoms with Crippen LogP contribution < -0.4 is 10.2 Å². The Labute approximate surface area is 165 Å². The van der Waals surface area contributed by atoms with E-state index in [1.54, 1.807) is 16.3 Å². The first-order chi connectivity index (χ1) is 13.1. The number of anilines is 2. The number of nitrogens with one attached hydrogen (secondary N) is 1. The largest absolute Gasteiger partial charge is 0.455 e. The lowest BCUT2D eigenvalue weighted by Gasteiger charge is -2.10. The van der Waals surface area contributed by atoms with Gasteiger partial charge in [-0.15, -0.1) is 23.1 Å². The van der Waals surface area contributed by atoms with Crippen molar-refractivity contribution in [3.05, 3.63) is 35.3 Å². The van der Waals surface area contributed by atoms with E-state index in [4.69, 9.17) is 4.74 Å². The molecule has 142 valence electrons. The zero-order chi connectivity index (χ0) is 19.2. The molecule has 1 N–H and O–H groups in total. The fraction of sp³-hybridized carbons (Fsp3) is 0.333. The molecule has 27 heavy (non-hydrogen) atoms. The Morgan fingerprint density at radius 1 is 1.37 bits per heavy atom. The van der Waals surface area contributed by atoms with Crippen molar-refractivity contribution < 1.29 is 19.1 Å². The molecular weight excluding hydrogens is 386 g/mol. The van der Waals surface area contributed by atoms with Gasteiger partial charge in [0, 0.05) is 23.2 Å². The summed E-state index contributed by atoms with van der Waals surface area (Å²) in [6.45, 7) is 0.303. The molecule has 0 spiro atoms. The molecule has 2 heterocycles. The van der Waals surface area contributed by atoms with Gasteiger partial charge in [0.05, 0.1) is 17.8 Å². The van der Waals surface area contributed by atoms with E-state index in [0.29, 0.717) is 29.5 Å². The summed E-state index contributed by atoms with van der Waals surface area (Å²) in [5, 5.41) is 5.07. The van der Waals surface area contributed by atoms with E-state index < -0.39 is 11.9 Å². The van der Waals surface area contributed by atoms with Gasteiger partial charge < -0.3 is 10.1 Å². The SMILES string of the molecule is CSc1ccccc1NC(=O)COC(=O)Cc1csc(N2CCCC2=O)n1. The maximum absolute atomic E-state index is 12.0. The molecule has 2 amide bonds. The van der Waals surface area contributed by atoms with Crippen LogP contribution in [-0.4, -0.2) is 42.2 Å². The number of carbonyl (C=O) groups excluding carboxylic acids is 3. The van der Waals surface area contributed by atoms with E-state index in [0.717, 1.165) is 11.3 Å². The fourth-order valence-corrected chi connectivity index (χ4v) is 4.05. The highest BCUT2D eigenvalue weighted by Crippen LogP contribution is 2.26. The number of esters is 1. The Bertz CT molecular complexity index is 853. The Morgan fingerprint density at radius 2 is 2.19 bits per heavy atom. The minimum absolute atomic E-state index is 0.0345. The van der Waals surface area contributed by atoms with Crippen molar-refractivity contribution in [2.75, 3.05) is 29.6 Å². The van der Waals surface area contributed by atoms with Gasteiger partial charge >= 0.3 is 5.97 Å². The number of benzene rings is 1. The summed E-state index contributed by atoms with van der Waals surface area (Å²) in [6.07, 6.45) is 3.24. The third kappa shape index (κ3) is 5.08. The van der Waals surface area contributed by atoms with Gasteiger partial charge in [-0.05, 0) is 24.8 Å². The number of thiazole rings is 1. The van der Waals surface area contributed by atoms with Gasteiger partial charge in [-0.1, -0.05) is 12.1 Å². The predicted molar refractivity (Wildman–Crippen MR) is 105 cm³/mol. The van der Waals surface area contributed by atoms with Crippen molar-refractivity contribution in [2.45, 2.75) is 24.2 Å². The molecule has 0 atom stereocenters. The number of amides is 2. The maximum Gasteiger partial charge on any atom is 0.312 e. The standard InChI is InChI=1S/C18H19N3O4S2/c1-26-14-6-3-2-5-13(14)20-15(22)10-25-17(24)9-12-11-27-18(19-12)21-8-4-7-16(21)23/h2-3,5-6,11H,4,7-10H2,1H3,(H,20,22). The van der Waals surface area contributed by atoms with Gasteiger partial charge in [-0.25, -0.2) is 4.98 Å². The van der Waals surface area contributed by atoms with Crippen molar-refractivity contribution in [1.82, 2.24) is 4.98 Å². The van der Waals surface area contributed by atoms with Gasteiger partial charge in [0.15, 0.2) is 11.7 Å². The summed E-state index contributed by atoms with van der Waals surface area (Å²) < 4.78 is 5.04. The van der Waals surface area contributed by atoms with Gasteiger partial charge in [-0.3, -0.25) is 19.3 Å². The van der Waals surface area contributed by atoms with Crippen LogP contribution in [-0.2, 0) is 25.5 Å². The van der Waals surface area contributed by atoms with Gasteiger partial charge in [0.1, 0.15) is 0 Å². The highest BCUT2D eigenvalue weighted by molar-refractivity contribution is 7.98. The van der Waals surface area contributed by atoms with Gasteiger partial charge in [0.25, 0.3) is 5.91 Å². The van der Waals surface area contributed by atoms with Crippen LogP contribution >= 0.6 is 23.1 Å². The topological polar surface area (TPSA) is 88.6 Å². The smallest absolute Gasteiger partial charge is 0.312 e. The summed E-state index contributed by atoms with van der Waals surface area (Å²) in [5.74, 6) is -0.875. The first kappa shape index (κ1) is 19.4. The molecule has 0 saturated carbocycles. The molecule has 0 aliphatic carbocycles. The molecule has 7 nitrogen and oxygen atoms in total. The molecule has 1 aliphatic heterocycles. The molecule has 1 fully saturated rings. The van der Waals surface area contributed by atoms with Crippen LogP contribution in [0.2, 0.25) is 0 Å². The number of ether oxygens (including phenoxy) is 1. The quantitative estimate of drug-likeness (QED) is 0.563. The minimum Gasteiger partial charge on any atom is -0.455 e. The first-order valence-electron chi connectivity index (χ1n) is 8.40. The predicted octanol–water partition coefficient (Wildman–Crippen LogP) is 2.72. The van der Waals surface area contributed by atoms with Gasteiger partial charge in [-0.2, -0.15) is 0 Å². The minimum atomic E-state index is -0.534. The average molecular weight is 406 g/mol. The monoisotopic (exact) mass is 405 g/mol. The molecular formula is C18H19N3O4S2. The molecule has 1 saturated heterocycles. The lowest BCUT2D eigenvalue weighted by Crippen LogP contribution is -2.23. The molecule has 2 aromatic rings. The third-order valence-electron chi connectivity index (χ3n) is 3.91. The Kier molecular flexibility index (Phi) is 6.46. The number of nitrogens with zero attached hydrogens (tertiary/aromatic N) is 2. The van der Waals surface area contributed by atoms with Crippen molar-refractivity contribution in [3.63, 3.8) is 0 Å². The van der Waals surface area contributed by atoms with E-state index in [1.807, 2.05) is 24.5 Å². The summed E-state index contributed by atoms with van der Waals surface area (Å²) >= 11 is 2.85. The van der Waals surface area contributed by atoms with Crippen molar-refractivity contribution in [3.8, 4) is 0 Å². The van der Waals surface area contributed by atoms with Crippen molar-refractivity contribution in [2.24, 2.45) is 0 Å². The number of hydrogen-bond donors (Lipinski definition) is 1. The average Bonchev–Trinajstić information content (AvgIpc) is 3.29. The molecule has 0 radical (unpaired) electrons. The van der Waals surface area contributed by atoms with E-state index in [1.165, 1.54) is 23.1 Å². The van der Waals surface area contributed by atoms with Crippen LogP contribution in [0.4, 0.5) is 10.8 Å². The molecule has 3 rings (SSSR count). The number of thioether (sulfide) groups is 1. The number of rotatable bonds is 7. The Hall–Kier alpha value is -2.39. The van der Waals surface area contributed by atoms with Gasteiger partial charge in [0.2, 0.25) is 5.91 Å². The lowest BCUT2D eigenvalue weighted by atomic mass is 10.3. The number of aromatic nitrogens is 1. The molecule has 0 unspecified atom stereocenters. The molecule has 1 aromatic carbocycles. The zero-order valence-corrected chi connectivity index (χ0v) is 16.4. The second-order valence-corrected chi connectivity index (χ2v) is 7.54. The molecule has 1 aromatic heterocycles. The number of hydrogen-bond acceptors (Lipinski definition) is 7. The summed E-state index contributed by atoms with van der Waals surface area (Å²) in [7, 11) is 0. The molecule has 9 heteroatoms. The van der Waals surface area contributed by atoms with E-state index in [2.05, 4.69) is 10.3 Å². The van der Waals surface area contributed by atoms with E-state index in [9.17, 15) is 14.4 Å². The number of para-hydroxylation sites is 1. The van der Waals surface area contributed by atoms with Crippen LogP contribution in [0, 0.1) is 0 Å². The third-order valence-corrected chi connectivity index (χ3v) is 5.62. The summed E-state index contributed by atoms with van der Waals surface area (Å²) in [6, 6.07) is 7.41. The van der Waals surface area contributed by atoms with Crippen LogP contribution in [0.1, 0.15) is 18.5 Å². The van der Waals surface area contributed by atoms with Crippen molar-refractivity contribution in [1.29, 1.82) is 0 Å². The molecule has 0 bridgehead atoms. The van der Waals surface area contributed by atoms with Crippen LogP contribution in [0.3, 0.4) is 0 Å². The Morgan fingerprint density at radius 3 is 2.93 bits per heavy atom. The summed E-state index contributed by atoms with van der Waals surface area (Å²) in [4.78, 5) is 42.6. The first-order valence-corrected chi connectivity index (χ1v) is 10.5. The van der Waals surface area contributed by atoms with E-state index >= 15 is 0 Å². The van der Waals surface area contributed by atoms with E-state index in [-0.39, 0.29) is 18.9 Å². The normalized spacial score (nSPS) is 13.7. The lowest BCUT2D eigenvalue weighted by molar-refractivity contribution is -0.146. The van der Waals surface area contributed by atoms with Crippen LogP contribution in [0.5, 0.6) is 0 Å². The maximum atomic E-state index is 12.0. The fourth-order valence-electron chi connectivity index (χ4n) is 2.63. The molecule has 1 aliphatic rings.